The number of carbonyl (C=O) groups is 4. The minimum Gasteiger partial charge on any atom is -0.453 e. The highest BCUT2D eigenvalue weighted by Gasteiger charge is 2.42. The maximum absolute atomic E-state index is 13.5. The molecule has 6 heterocycles. The number of aromatic nitrogens is 4. The average molecular weight is 826 g/mol. The van der Waals surface area contributed by atoms with Crippen LogP contribution in [0.2, 0.25) is 0 Å². The van der Waals surface area contributed by atoms with E-state index in [1.54, 1.807) is 16.7 Å². The van der Waals surface area contributed by atoms with Gasteiger partial charge in [0, 0.05) is 30.7 Å². The third kappa shape index (κ3) is 7.74. The molecule has 15 heteroatoms. The summed E-state index contributed by atoms with van der Waals surface area (Å²) in [6, 6.07) is 22.9. The van der Waals surface area contributed by atoms with Gasteiger partial charge >= 0.3 is 12.2 Å². The van der Waals surface area contributed by atoms with Crippen molar-refractivity contribution in [2.24, 2.45) is 0 Å². The molecule has 4 aliphatic rings. The summed E-state index contributed by atoms with van der Waals surface area (Å²) in [4.78, 5) is 70.1. The molecule has 4 amide bonds. The molecule has 3 fully saturated rings. The van der Waals surface area contributed by atoms with E-state index in [4.69, 9.17) is 14.7 Å². The first-order valence-electron chi connectivity index (χ1n) is 21.2. The number of ether oxygens (including phenoxy) is 2. The van der Waals surface area contributed by atoms with Crippen molar-refractivity contribution in [3.05, 3.63) is 107 Å². The van der Waals surface area contributed by atoms with Gasteiger partial charge in [0.2, 0.25) is 11.8 Å². The van der Waals surface area contributed by atoms with Crippen molar-refractivity contribution in [3.63, 3.8) is 0 Å². The molecule has 0 saturated carbocycles. The number of nitrogens with zero attached hydrogens (tertiary/aromatic N) is 4. The van der Waals surface area contributed by atoms with Crippen LogP contribution in [0.3, 0.4) is 0 Å². The summed E-state index contributed by atoms with van der Waals surface area (Å²) < 4.78 is 9.35. The first-order valence-corrected chi connectivity index (χ1v) is 21.2. The molecule has 5 aromatic rings. The number of methoxy groups -OCH3 is 2. The van der Waals surface area contributed by atoms with Crippen molar-refractivity contribution in [2.45, 2.75) is 81.6 Å². The lowest BCUT2D eigenvalue weighted by Gasteiger charge is -2.30. The number of aromatic amines is 2. The highest BCUT2D eigenvalue weighted by Crippen LogP contribution is 2.54. The maximum Gasteiger partial charge on any atom is 0.407 e. The SMILES string of the molecule is COC(=O)NCC(=O)N1CCCC1c1ncc(-c2ccc(-c3ccc(-c4cnc(C5CCCN5C(=O)C(C)NC(=O)OC)[nH]4)c4c3C3CC(c5ccccc5)CC4N3)cc2)[nH]1. The van der Waals surface area contributed by atoms with E-state index in [1.165, 1.54) is 36.5 Å². The summed E-state index contributed by atoms with van der Waals surface area (Å²) in [6.07, 6.45) is 7.63. The molecule has 6 atom stereocenters. The molecule has 61 heavy (non-hydrogen) atoms. The lowest BCUT2D eigenvalue weighted by molar-refractivity contribution is -0.134. The van der Waals surface area contributed by atoms with Crippen molar-refractivity contribution >= 4 is 24.0 Å². The van der Waals surface area contributed by atoms with Crippen molar-refractivity contribution in [1.82, 2.24) is 45.7 Å². The summed E-state index contributed by atoms with van der Waals surface area (Å²) in [6.45, 7) is 2.73. The zero-order valence-corrected chi connectivity index (χ0v) is 34.6. The Kier molecular flexibility index (Phi) is 11.1. The van der Waals surface area contributed by atoms with Gasteiger partial charge in [-0.2, -0.15) is 0 Å². The van der Waals surface area contributed by atoms with Gasteiger partial charge in [-0.25, -0.2) is 19.6 Å². The fraction of sp³-hybridized carbons (Fsp3) is 0.391. The van der Waals surface area contributed by atoms with Gasteiger partial charge in [0.25, 0.3) is 0 Å². The van der Waals surface area contributed by atoms with Crippen LogP contribution in [-0.4, -0.2) is 93.6 Å². The number of nitrogens with one attached hydrogen (secondary N) is 5. The first kappa shape index (κ1) is 40.0. The highest BCUT2D eigenvalue weighted by atomic mass is 16.5. The number of imidazole rings is 2. The minimum atomic E-state index is -0.726. The van der Waals surface area contributed by atoms with E-state index in [0.29, 0.717) is 19.0 Å². The van der Waals surface area contributed by atoms with Crippen molar-refractivity contribution < 1.29 is 28.7 Å². The molecule has 0 spiro atoms. The zero-order chi connectivity index (χ0) is 42.2. The van der Waals surface area contributed by atoms with Gasteiger partial charge in [0.05, 0.1) is 50.1 Å². The maximum atomic E-state index is 13.5. The molecular weight excluding hydrogens is 775 g/mol. The fourth-order valence-corrected chi connectivity index (χ4v) is 9.97. The molecule has 6 unspecified atom stereocenters. The number of hydrogen-bond acceptors (Lipinski definition) is 9. The summed E-state index contributed by atoms with van der Waals surface area (Å²) in [5.74, 6) is 1.51. The Morgan fingerprint density at radius 3 is 2.02 bits per heavy atom. The Labute approximate surface area is 354 Å². The smallest absolute Gasteiger partial charge is 0.407 e. The van der Waals surface area contributed by atoms with Gasteiger partial charge in [-0.1, -0.05) is 66.7 Å². The van der Waals surface area contributed by atoms with Crippen LogP contribution in [0.5, 0.6) is 0 Å². The van der Waals surface area contributed by atoms with Gasteiger partial charge < -0.3 is 45.2 Å². The monoisotopic (exact) mass is 825 g/mol. The molecule has 0 radical (unpaired) electrons. The molecule has 4 aliphatic heterocycles. The van der Waals surface area contributed by atoms with Gasteiger partial charge in [-0.15, -0.1) is 0 Å². The molecule has 15 nitrogen and oxygen atoms in total. The number of piperidine rings is 1. The van der Waals surface area contributed by atoms with E-state index in [1.807, 2.05) is 12.4 Å². The van der Waals surface area contributed by atoms with E-state index >= 15 is 0 Å². The van der Waals surface area contributed by atoms with E-state index in [0.717, 1.165) is 78.3 Å². The second-order valence-corrected chi connectivity index (χ2v) is 16.4. The number of hydrogen-bond donors (Lipinski definition) is 5. The summed E-state index contributed by atoms with van der Waals surface area (Å²) in [5, 5.41) is 9.08. The molecule has 0 aliphatic carbocycles. The topological polar surface area (TPSA) is 187 Å². The van der Waals surface area contributed by atoms with Crippen LogP contribution in [0.15, 0.2) is 79.1 Å². The van der Waals surface area contributed by atoms with Crippen molar-refractivity contribution in [1.29, 1.82) is 0 Å². The Morgan fingerprint density at radius 1 is 0.738 bits per heavy atom. The Hall–Kier alpha value is -6.48. The standard InChI is InChI=1S/C46H51N9O6/c1-26(50-46(59)61-3)44(57)55-20-8-12-38(55)43-48-24-36(53-43)32-18-17-31(40-33-21-30(22-34(51-33)41(32)40)27-9-5-4-6-10-27)28-13-15-29(16-14-28)35-23-47-42(52-35)37-11-7-19-54(37)39(56)25-49-45(58)60-2/h4-6,9-10,13-18,23-24,26,30,33-34,37-38,51H,7-8,11-12,19-22,25H2,1-3H3,(H,47,52)(H,48,53)(H,49,58)(H,50,59). The Bertz CT molecular complexity index is 2430. The number of fused-ring (bicyclic) bond motifs is 5. The molecule has 9 rings (SSSR count). The van der Waals surface area contributed by atoms with Crippen molar-refractivity contribution in [2.75, 3.05) is 33.9 Å². The number of amides is 4. The van der Waals surface area contributed by atoms with E-state index < -0.39 is 18.2 Å². The van der Waals surface area contributed by atoms with Crippen LogP contribution in [0, 0.1) is 0 Å². The second kappa shape index (κ2) is 16.9. The number of H-pyrrole nitrogens is 2. The van der Waals surface area contributed by atoms with E-state index in [-0.39, 0.29) is 42.5 Å². The highest BCUT2D eigenvalue weighted by molar-refractivity contribution is 5.86. The quantitative estimate of drug-likeness (QED) is 0.101. The molecule has 3 aromatic carbocycles. The zero-order valence-electron chi connectivity index (χ0n) is 34.6. The van der Waals surface area contributed by atoms with Crippen LogP contribution >= 0.6 is 0 Å². The number of carbonyl (C=O) groups excluding carboxylic acids is 4. The molecule has 3 saturated heterocycles. The van der Waals surface area contributed by atoms with Crippen LogP contribution in [0.25, 0.3) is 33.6 Å². The molecular formula is C46H51N9O6. The fourth-order valence-electron chi connectivity index (χ4n) is 9.97. The van der Waals surface area contributed by atoms with Gasteiger partial charge in [-0.3, -0.25) is 9.59 Å². The average Bonchev–Trinajstić information content (AvgIpc) is 4.16. The molecule has 2 bridgehead atoms. The summed E-state index contributed by atoms with van der Waals surface area (Å²) >= 11 is 0. The minimum absolute atomic E-state index is 0.129. The van der Waals surface area contributed by atoms with Crippen LogP contribution in [0.1, 0.15) is 104 Å². The number of rotatable bonds is 10. The number of alkyl carbamates (subject to hydrolysis) is 2. The van der Waals surface area contributed by atoms with Crippen molar-refractivity contribution in [3.8, 4) is 33.6 Å². The Morgan fingerprint density at radius 2 is 1.33 bits per heavy atom. The van der Waals surface area contributed by atoms with Gasteiger partial charge in [-0.05, 0) is 84.7 Å². The van der Waals surface area contributed by atoms with Gasteiger partial charge in [0.15, 0.2) is 0 Å². The predicted molar refractivity (Wildman–Crippen MR) is 227 cm³/mol. The van der Waals surface area contributed by atoms with Crippen LogP contribution in [-0.2, 0) is 19.1 Å². The third-order valence-corrected chi connectivity index (χ3v) is 12.9. The normalized spacial score (nSPS) is 22.1. The largest absolute Gasteiger partial charge is 0.453 e. The molecule has 316 valence electrons. The predicted octanol–water partition coefficient (Wildman–Crippen LogP) is 6.82. The lowest BCUT2D eigenvalue weighted by atomic mass is 9.85. The summed E-state index contributed by atoms with van der Waals surface area (Å²) in [5.41, 5.74) is 10.1. The van der Waals surface area contributed by atoms with Crippen LogP contribution in [0.4, 0.5) is 9.59 Å². The second-order valence-electron chi connectivity index (χ2n) is 16.4. The molecule has 2 aromatic heterocycles. The van der Waals surface area contributed by atoms with Crippen LogP contribution < -0.4 is 16.0 Å². The lowest BCUT2D eigenvalue weighted by Crippen LogP contribution is -2.46. The van der Waals surface area contributed by atoms with E-state index in [9.17, 15) is 19.2 Å². The number of likely N-dealkylation sites (tertiary alicyclic amines) is 2. The third-order valence-electron chi connectivity index (χ3n) is 12.9. The first-order chi connectivity index (χ1) is 29.7. The molecule has 5 N–H and O–H groups in total. The summed E-state index contributed by atoms with van der Waals surface area (Å²) in [7, 11) is 2.56. The van der Waals surface area contributed by atoms with E-state index in [2.05, 4.69) is 97.4 Å². The number of benzene rings is 3. The Balaban J connectivity index is 0.997. The van der Waals surface area contributed by atoms with Gasteiger partial charge in [0.1, 0.15) is 24.2 Å².